The molecule has 1 N–H and O–H groups in total. The molecule has 2 heterocycles. The third-order valence-electron chi connectivity index (χ3n) is 8.02. The fraction of sp³-hybridized carbons (Fsp3) is 0.100. The summed E-state index contributed by atoms with van der Waals surface area (Å²) in [4.78, 5) is 28.9. The van der Waals surface area contributed by atoms with Crippen LogP contribution >= 0.6 is 23.1 Å². The summed E-state index contributed by atoms with van der Waals surface area (Å²) in [5, 5.41) is 20.6. The number of Topliss-reactive ketones (excluding diaryl/α,β-unsaturated/α-hetero) is 1. The van der Waals surface area contributed by atoms with Crippen molar-refractivity contribution < 1.29 is 24.2 Å². The lowest BCUT2D eigenvalue weighted by Crippen LogP contribution is -2.29. The zero-order valence-electron chi connectivity index (χ0n) is 26.9. The maximum Gasteiger partial charge on any atom is 0.301 e. The molecule has 1 atom stereocenters. The summed E-state index contributed by atoms with van der Waals surface area (Å²) in [5.74, 6) is 0.466. The van der Waals surface area contributed by atoms with Crippen molar-refractivity contribution >= 4 is 45.7 Å². The van der Waals surface area contributed by atoms with Gasteiger partial charge in [-0.25, -0.2) is 0 Å². The molecule has 1 saturated heterocycles. The number of amides is 1. The first kappa shape index (κ1) is 32.8. The smallest absolute Gasteiger partial charge is 0.301 e. The summed E-state index contributed by atoms with van der Waals surface area (Å²) < 4.78 is 12.7. The van der Waals surface area contributed by atoms with E-state index in [0.717, 1.165) is 16.7 Å². The van der Waals surface area contributed by atoms with Gasteiger partial charge < -0.3 is 14.6 Å². The molecule has 50 heavy (non-hydrogen) atoms. The molecule has 0 saturated carbocycles. The summed E-state index contributed by atoms with van der Waals surface area (Å²) in [6.45, 7) is 2.41. The van der Waals surface area contributed by atoms with Gasteiger partial charge in [0.05, 0.1) is 11.6 Å². The van der Waals surface area contributed by atoms with Crippen LogP contribution in [0.15, 0.2) is 143 Å². The van der Waals surface area contributed by atoms with E-state index in [0.29, 0.717) is 45.1 Å². The molecular formula is C40H31N3O5S2. The highest BCUT2D eigenvalue weighted by atomic mass is 32.2. The van der Waals surface area contributed by atoms with Crippen molar-refractivity contribution in [2.24, 2.45) is 0 Å². The number of carbonyl (C=O) groups is 2. The van der Waals surface area contributed by atoms with Crippen LogP contribution < -0.4 is 14.4 Å². The SMILES string of the molecule is Cc1cccc(COc2ccc(/C(O)=C3\C(=O)C(=O)N(c4nnc(SCc5ccccc5)s4)C3c3cccc(Oc4ccccc4)c3)cc2)c1. The minimum atomic E-state index is -0.994. The van der Waals surface area contributed by atoms with Crippen LogP contribution in [0.2, 0.25) is 0 Å². The van der Waals surface area contributed by atoms with Gasteiger partial charge in [-0.15, -0.1) is 10.2 Å². The largest absolute Gasteiger partial charge is 0.507 e. The number of aryl methyl sites for hydroxylation is 1. The summed E-state index contributed by atoms with van der Waals surface area (Å²) in [7, 11) is 0. The second kappa shape index (κ2) is 14.8. The Kier molecular flexibility index (Phi) is 9.72. The summed E-state index contributed by atoms with van der Waals surface area (Å²) in [6, 6.07) is 40.3. The molecule has 0 spiro atoms. The zero-order valence-corrected chi connectivity index (χ0v) is 28.6. The minimum Gasteiger partial charge on any atom is -0.507 e. The number of ether oxygens (including phenoxy) is 2. The number of hydrogen-bond donors (Lipinski definition) is 1. The van der Waals surface area contributed by atoms with Crippen LogP contribution in [0.3, 0.4) is 0 Å². The van der Waals surface area contributed by atoms with Crippen LogP contribution in [-0.2, 0) is 21.9 Å². The number of para-hydroxylation sites is 1. The van der Waals surface area contributed by atoms with Gasteiger partial charge >= 0.3 is 5.91 Å². The van der Waals surface area contributed by atoms with E-state index in [9.17, 15) is 14.7 Å². The second-order valence-electron chi connectivity index (χ2n) is 11.6. The Morgan fingerprint density at radius 3 is 2.24 bits per heavy atom. The normalized spacial score (nSPS) is 15.3. The Hall–Kier alpha value is -5.71. The maximum absolute atomic E-state index is 13.8. The lowest BCUT2D eigenvalue weighted by molar-refractivity contribution is -0.132. The van der Waals surface area contributed by atoms with Gasteiger partial charge in [0.15, 0.2) is 4.34 Å². The molecule has 1 aromatic heterocycles. The zero-order chi connectivity index (χ0) is 34.5. The molecule has 248 valence electrons. The number of anilines is 1. The molecule has 10 heteroatoms. The molecule has 5 aromatic carbocycles. The van der Waals surface area contributed by atoms with Gasteiger partial charge in [0.1, 0.15) is 29.6 Å². The molecule has 1 fully saturated rings. The molecular weight excluding hydrogens is 667 g/mol. The van der Waals surface area contributed by atoms with Crippen molar-refractivity contribution in [1.82, 2.24) is 10.2 Å². The molecule has 1 aliphatic heterocycles. The van der Waals surface area contributed by atoms with E-state index in [1.54, 1.807) is 48.5 Å². The van der Waals surface area contributed by atoms with Crippen LogP contribution in [0.5, 0.6) is 17.2 Å². The number of aliphatic hydroxyl groups excluding tert-OH is 1. The van der Waals surface area contributed by atoms with Gasteiger partial charge in [-0.1, -0.05) is 114 Å². The molecule has 7 rings (SSSR count). The molecule has 8 nitrogen and oxygen atoms in total. The van der Waals surface area contributed by atoms with E-state index in [1.165, 1.54) is 28.0 Å². The fourth-order valence-corrected chi connectivity index (χ4v) is 7.45. The van der Waals surface area contributed by atoms with Gasteiger partial charge in [-0.3, -0.25) is 14.5 Å². The van der Waals surface area contributed by atoms with Gasteiger partial charge in [-0.2, -0.15) is 0 Å². The Morgan fingerprint density at radius 1 is 0.780 bits per heavy atom. The molecule has 0 radical (unpaired) electrons. The molecule has 1 unspecified atom stereocenters. The number of aliphatic hydroxyl groups is 1. The van der Waals surface area contributed by atoms with Crippen LogP contribution in [0.4, 0.5) is 5.13 Å². The predicted octanol–water partition coefficient (Wildman–Crippen LogP) is 9.14. The van der Waals surface area contributed by atoms with Gasteiger partial charge in [0.25, 0.3) is 5.78 Å². The number of hydrogen-bond acceptors (Lipinski definition) is 9. The van der Waals surface area contributed by atoms with Crippen molar-refractivity contribution in [3.63, 3.8) is 0 Å². The summed E-state index contributed by atoms with van der Waals surface area (Å²) in [5.41, 5.74) is 4.17. The fourth-order valence-electron chi connectivity index (χ4n) is 5.63. The highest BCUT2D eigenvalue weighted by Crippen LogP contribution is 2.45. The third-order valence-corrected chi connectivity index (χ3v) is 10.1. The van der Waals surface area contributed by atoms with Crippen molar-refractivity contribution in [3.05, 3.63) is 167 Å². The number of thioether (sulfide) groups is 1. The first-order valence-corrected chi connectivity index (χ1v) is 17.7. The highest BCUT2D eigenvalue weighted by Gasteiger charge is 2.48. The molecule has 0 bridgehead atoms. The van der Waals surface area contributed by atoms with Crippen molar-refractivity contribution in [2.45, 2.75) is 29.7 Å². The van der Waals surface area contributed by atoms with E-state index >= 15 is 0 Å². The summed E-state index contributed by atoms with van der Waals surface area (Å²) in [6.07, 6.45) is 0. The number of benzene rings is 5. The lowest BCUT2D eigenvalue weighted by Gasteiger charge is -2.23. The number of carbonyl (C=O) groups excluding carboxylic acids is 2. The van der Waals surface area contributed by atoms with Gasteiger partial charge in [0, 0.05) is 11.3 Å². The Bertz CT molecular complexity index is 2170. The Balaban J connectivity index is 1.22. The average Bonchev–Trinajstić information content (AvgIpc) is 3.72. The van der Waals surface area contributed by atoms with E-state index in [-0.39, 0.29) is 16.5 Å². The second-order valence-corrected chi connectivity index (χ2v) is 13.8. The molecule has 1 amide bonds. The van der Waals surface area contributed by atoms with Gasteiger partial charge in [-0.05, 0) is 72.1 Å². The Morgan fingerprint density at radius 2 is 1.48 bits per heavy atom. The van der Waals surface area contributed by atoms with Crippen LogP contribution in [0.25, 0.3) is 5.76 Å². The molecule has 6 aromatic rings. The van der Waals surface area contributed by atoms with Gasteiger partial charge in [0.2, 0.25) is 5.13 Å². The van der Waals surface area contributed by atoms with Crippen LogP contribution in [0.1, 0.15) is 33.9 Å². The van der Waals surface area contributed by atoms with E-state index in [4.69, 9.17) is 9.47 Å². The molecule has 0 aliphatic carbocycles. The summed E-state index contributed by atoms with van der Waals surface area (Å²) >= 11 is 2.71. The highest BCUT2D eigenvalue weighted by molar-refractivity contribution is 8.00. The first-order chi connectivity index (χ1) is 24.4. The predicted molar refractivity (Wildman–Crippen MR) is 196 cm³/mol. The monoisotopic (exact) mass is 697 g/mol. The first-order valence-electron chi connectivity index (χ1n) is 15.9. The third kappa shape index (κ3) is 7.31. The van der Waals surface area contributed by atoms with E-state index in [1.807, 2.05) is 85.8 Å². The Labute approximate surface area is 297 Å². The number of nitrogens with zero attached hydrogens (tertiary/aromatic N) is 3. The van der Waals surface area contributed by atoms with Crippen molar-refractivity contribution in [1.29, 1.82) is 0 Å². The van der Waals surface area contributed by atoms with Crippen LogP contribution in [-0.4, -0.2) is 27.0 Å². The standard InChI is InChI=1S/C40H31N3O5S2/c1-26-10-8-13-28(22-26)24-47-31-20-18-29(19-21-31)36(44)34-35(30-14-9-17-33(23-30)48-32-15-6-3-7-16-32)43(38(46)37(34)45)39-41-42-40(50-39)49-25-27-11-4-2-5-12-27/h2-23,35,44H,24-25H2,1H3/b36-34+. The van der Waals surface area contributed by atoms with E-state index < -0.39 is 17.7 Å². The molecule has 1 aliphatic rings. The minimum absolute atomic E-state index is 0.0611. The van der Waals surface area contributed by atoms with Crippen LogP contribution in [0, 0.1) is 6.92 Å². The topological polar surface area (TPSA) is 102 Å². The number of rotatable bonds is 11. The average molecular weight is 698 g/mol. The maximum atomic E-state index is 13.8. The number of aromatic nitrogens is 2. The van der Waals surface area contributed by atoms with E-state index in [2.05, 4.69) is 16.3 Å². The quantitative estimate of drug-likeness (QED) is 0.0470. The number of ketones is 1. The van der Waals surface area contributed by atoms with Crippen molar-refractivity contribution in [3.8, 4) is 17.2 Å². The van der Waals surface area contributed by atoms with Crippen molar-refractivity contribution in [2.75, 3.05) is 4.90 Å². The lowest BCUT2D eigenvalue weighted by atomic mass is 9.95.